The lowest BCUT2D eigenvalue weighted by Gasteiger charge is -2.32. The Morgan fingerprint density at radius 2 is 1.06 bits per heavy atom. The number of unbranched alkanes of at least 4 members (excludes halogenated alkanes) is 7. The molecule has 0 unspecified atom stereocenters. The quantitative estimate of drug-likeness (QED) is 0.0956. The van der Waals surface area contributed by atoms with Crippen LogP contribution in [-0.2, 0) is 14.2 Å². The Kier molecular flexibility index (Phi) is 20.3. The van der Waals surface area contributed by atoms with Crippen LogP contribution in [-0.4, -0.2) is 12.6 Å². The lowest BCUT2D eigenvalue weighted by Crippen LogP contribution is -2.37. The summed E-state index contributed by atoms with van der Waals surface area (Å²) in [6.45, 7) is 14.0. The van der Waals surface area contributed by atoms with E-state index in [1.165, 1.54) is 62.5 Å². The van der Waals surface area contributed by atoms with Crippen molar-refractivity contribution >= 4 is 0 Å². The smallest absolute Gasteiger partial charge is 0.370 e. The number of allylic oxidation sites excluding steroid dienone is 2. The van der Waals surface area contributed by atoms with Gasteiger partial charge in [0.15, 0.2) is 0 Å². The van der Waals surface area contributed by atoms with Gasteiger partial charge in [-0.05, 0) is 62.5 Å². The zero-order valence-electron chi connectivity index (χ0n) is 21.9. The maximum atomic E-state index is 6.39. The van der Waals surface area contributed by atoms with E-state index in [1.54, 1.807) is 0 Å². The molecular weight excluding hydrogens is 384 g/mol. The van der Waals surface area contributed by atoms with Crippen LogP contribution in [0.25, 0.3) is 0 Å². The first-order chi connectivity index (χ1) is 15.1. The molecule has 0 saturated carbocycles. The lowest BCUT2D eigenvalue weighted by atomic mass is 10.1. The monoisotopic (exact) mass is 438 g/mol. The van der Waals surface area contributed by atoms with Crippen LogP contribution < -0.4 is 0 Å². The van der Waals surface area contributed by atoms with Crippen molar-refractivity contribution in [2.24, 2.45) is 0 Å². The number of hydrogen-bond acceptors (Lipinski definition) is 3. The van der Waals surface area contributed by atoms with Crippen molar-refractivity contribution in [2.45, 2.75) is 150 Å². The van der Waals surface area contributed by atoms with Gasteiger partial charge in [0.2, 0.25) is 0 Å². The molecule has 31 heavy (non-hydrogen) atoms. The average Bonchev–Trinajstić information content (AvgIpc) is 2.79. The molecule has 184 valence electrons. The van der Waals surface area contributed by atoms with E-state index < -0.39 is 5.97 Å². The second kappa shape index (κ2) is 20.9. The predicted molar refractivity (Wildman–Crippen MR) is 135 cm³/mol. The minimum absolute atomic E-state index is 0.681. The van der Waals surface area contributed by atoms with E-state index >= 15 is 0 Å². The molecule has 0 spiro atoms. The molecule has 0 bridgehead atoms. The normalized spacial score (nSPS) is 13.0. The van der Waals surface area contributed by atoms with E-state index in [1.807, 2.05) is 12.5 Å². The van der Waals surface area contributed by atoms with Gasteiger partial charge in [-0.15, -0.1) is 0 Å². The molecule has 0 fully saturated rings. The zero-order chi connectivity index (χ0) is 23.2. The van der Waals surface area contributed by atoms with Gasteiger partial charge in [-0.2, -0.15) is 0 Å². The molecule has 0 amide bonds. The summed E-state index contributed by atoms with van der Waals surface area (Å²) in [5.74, 6) is -0.999. The van der Waals surface area contributed by atoms with Crippen LogP contribution >= 0.6 is 0 Å². The molecule has 0 saturated heterocycles. The third-order valence-corrected chi connectivity index (χ3v) is 5.83. The first-order valence-corrected chi connectivity index (χ1v) is 13.5. The largest absolute Gasteiger partial charge is 0.438 e. The highest BCUT2D eigenvalue weighted by Crippen LogP contribution is 2.28. The van der Waals surface area contributed by atoms with Gasteiger partial charge in [0.05, 0.1) is 25.6 Å². The summed E-state index contributed by atoms with van der Waals surface area (Å²) in [6, 6.07) is 0. The fourth-order valence-corrected chi connectivity index (χ4v) is 3.43. The van der Waals surface area contributed by atoms with Gasteiger partial charge < -0.3 is 14.2 Å². The third kappa shape index (κ3) is 15.5. The van der Waals surface area contributed by atoms with Crippen molar-refractivity contribution in [3.05, 3.63) is 23.7 Å². The van der Waals surface area contributed by atoms with Crippen LogP contribution in [0.3, 0.4) is 0 Å². The van der Waals surface area contributed by atoms with Gasteiger partial charge >= 0.3 is 5.97 Å². The molecule has 0 radical (unpaired) electrons. The summed E-state index contributed by atoms with van der Waals surface area (Å²) in [5.41, 5.74) is 2.68. The standard InChI is InChI=1S/C28H54O3/c1-7-13-17-19-23-29-28(22-18-14-8-2,30-24-26(11-5)20-15-9-3)31-25-27(12-6)21-16-10-4/h24-25H,7-23H2,1-6H3/b26-24+,27-25+. The molecular formula is C28H54O3. The van der Waals surface area contributed by atoms with Gasteiger partial charge in [0, 0.05) is 0 Å². The molecule has 0 rings (SSSR count). The van der Waals surface area contributed by atoms with Crippen LogP contribution in [0.15, 0.2) is 23.7 Å². The third-order valence-electron chi connectivity index (χ3n) is 5.83. The van der Waals surface area contributed by atoms with Crippen molar-refractivity contribution in [2.75, 3.05) is 6.61 Å². The van der Waals surface area contributed by atoms with E-state index in [0.717, 1.165) is 51.4 Å². The van der Waals surface area contributed by atoms with Gasteiger partial charge in [-0.25, -0.2) is 0 Å². The summed E-state index contributed by atoms with van der Waals surface area (Å²) in [5, 5.41) is 0. The molecule has 0 atom stereocenters. The second-order valence-electron chi connectivity index (χ2n) is 8.75. The van der Waals surface area contributed by atoms with E-state index in [4.69, 9.17) is 14.2 Å². The minimum atomic E-state index is -0.999. The van der Waals surface area contributed by atoms with E-state index in [0.29, 0.717) is 6.61 Å². The highest BCUT2D eigenvalue weighted by molar-refractivity contribution is 4.99. The van der Waals surface area contributed by atoms with Gasteiger partial charge in [0.25, 0.3) is 0 Å². The summed E-state index contributed by atoms with van der Waals surface area (Å²) >= 11 is 0. The molecule has 0 heterocycles. The molecule has 0 N–H and O–H groups in total. The van der Waals surface area contributed by atoms with Crippen molar-refractivity contribution in [1.82, 2.24) is 0 Å². The van der Waals surface area contributed by atoms with E-state index in [2.05, 4.69) is 41.5 Å². The Balaban J connectivity index is 5.52. The number of ether oxygens (including phenoxy) is 3. The van der Waals surface area contributed by atoms with Crippen molar-refractivity contribution < 1.29 is 14.2 Å². The van der Waals surface area contributed by atoms with Crippen molar-refractivity contribution in [1.29, 1.82) is 0 Å². The van der Waals surface area contributed by atoms with E-state index in [-0.39, 0.29) is 0 Å². The highest BCUT2D eigenvalue weighted by atomic mass is 16.9. The molecule has 0 aliphatic carbocycles. The Hall–Kier alpha value is -0.960. The van der Waals surface area contributed by atoms with Crippen molar-refractivity contribution in [3.63, 3.8) is 0 Å². The number of rotatable bonds is 22. The summed E-state index contributed by atoms with van der Waals surface area (Å²) < 4.78 is 19.2. The molecule has 0 aromatic heterocycles. The molecule has 3 nitrogen and oxygen atoms in total. The Bertz CT molecular complexity index is 425. The maximum Gasteiger partial charge on any atom is 0.370 e. The molecule has 3 heteroatoms. The Morgan fingerprint density at radius 3 is 1.52 bits per heavy atom. The molecule has 0 aromatic rings. The summed E-state index contributed by atoms with van der Waals surface area (Å²) in [6.07, 6.45) is 21.7. The average molecular weight is 439 g/mol. The van der Waals surface area contributed by atoms with Gasteiger partial charge in [-0.3, -0.25) is 0 Å². The summed E-state index contributed by atoms with van der Waals surface area (Å²) in [4.78, 5) is 0. The lowest BCUT2D eigenvalue weighted by molar-refractivity contribution is -0.345. The van der Waals surface area contributed by atoms with Crippen LogP contribution in [0.5, 0.6) is 0 Å². The minimum Gasteiger partial charge on any atom is -0.438 e. The van der Waals surface area contributed by atoms with Crippen LogP contribution in [0, 0.1) is 0 Å². The zero-order valence-corrected chi connectivity index (χ0v) is 21.9. The summed E-state index contributed by atoms with van der Waals surface area (Å²) in [7, 11) is 0. The first-order valence-electron chi connectivity index (χ1n) is 13.5. The maximum absolute atomic E-state index is 6.39. The first kappa shape index (κ1) is 30.0. The molecule has 0 aromatic carbocycles. The highest BCUT2D eigenvalue weighted by Gasteiger charge is 2.34. The predicted octanol–water partition coefficient (Wildman–Crippen LogP) is 9.82. The van der Waals surface area contributed by atoms with Crippen LogP contribution in [0.4, 0.5) is 0 Å². The van der Waals surface area contributed by atoms with Crippen LogP contribution in [0.1, 0.15) is 144 Å². The fraction of sp³-hybridized carbons (Fsp3) is 0.857. The fourth-order valence-electron chi connectivity index (χ4n) is 3.43. The SMILES string of the molecule is CCCCCCOC(CCCCC)(O/C=C(\CC)CCCC)O/C=C(\CC)CCCC. The number of hydrogen-bond donors (Lipinski definition) is 0. The van der Waals surface area contributed by atoms with E-state index in [9.17, 15) is 0 Å². The molecule has 0 aliphatic heterocycles. The topological polar surface area (TPSA) is 27.7 Å². The van der Waals surface area contributed by atoms with Crippen molar-refractivity contribution in [3.8, 4) is 0 Å². The molecule has 0 aliphatic rings. The van der Waals surface area contributed by atoms with Gasteiger partial charge in [0.1, 0.15) is 0 Å². The van der Waals surface area contributed by atoms with Gasteiger partial charge in [-0.1, -0.05) is 86.5 Å². The Morgan fingerprint density at radius 1 is 0.581 bits per heavy atom. The van der Waals surface area contributed by atoms with Crippen LogP contribution in [0.2, 0.25) is 0 Å². The Labute approximate surface area is 195 Å². The second-order valence-corrected chi connectivity index (χ2v) is 8.75.